The number of fused-ring (bicyclic) bond motifs is 2. The summed E-state index contributed by atoms with van der Waals surface area (Å²) in [6.45, 7) is 5.24. The Bertz CT molecular complexity index is 2220. The van der Waals surface area contributed by atoms with Crippen LogP contribution in [0.3, 0.4) is 0 Å². The molecular formula is C30H27F2N9O3S. The highest BCUT2D eigenvalue weighted by atomic mass is 32.2. The van der Waals surface area contributed by atoms with Crippen molar-refractivity contribution in [3.05, 3.63) is 72.3 Å². The van der Waals surface area contributed by atoms with Gasteiger partial charge in [-0.3, -0.25) is 19.9 Å². The normalized spacial score (nSPS) is 12.2. The maximum Gasteiger partial charge on any atom is 0.229 e. The number of halogens is 2. The minimum atomic E-state index is -3.49. The van der Waals surface area contributed by atoms with Gasteiger partial charge in [0.15, 0.2) is 17.3 Å². The van der Waals surface area contributed by atoms with E-state index in [1.54, 1.807) is 39.0 Å². The number of rotatable bonds is 7. The van der Waals surface area contributed by atoms with Crippen LogP contribution in [0.15, 0.2) is 55.1 Å². The van der Waals surface area contributed by atoms with Crippen LogP contribution in [0.2, 0.25) is 0 Å². The van der Waals surface area contributed by atoms with E-state index in [1.807, 2.05) is 0 Å². The molecule has 4 N–H and O–H groups in total. The zero-order valence-electron chi connectivity index (χ0n) is 24.5. The van der Waals surface area contributed by atoms with Gasteiger partial charge in [-0.1, -0.05) is 20.8 Å². The van der Waals surface area contributed by atoms with E-state index in [1.165, 1.54) is 36.9 Å². The zero-order valence-corrected chi connectivity index (χ0v) is 25.3. The highest BCUT2D eigenvalue weighted by Crippen LogP contribution is 2.35. The van der Waals surface area contributed by atoms with Crippen LogP contribution in [0.4, 0.5) is 14.5 Å². The summed E-state index contributed by atoms with van der Waals surface area (Å²) in [4.78, 5) is 33.0. The lowest BCUT2D eigenvalue weighted by Gasteiger charge is -2.17. The van der Waals surface area contributed by atoms with E-state index in [2.05, 4.69) is 45.2 Å². The number of benzene rings is 1. The highest BCUT2D eigenvalue weighted by molar-refractivity contribution is 7.88. The molecule has 12 nitrogen and oxygen atoms in total. The van der Waals surface area contributed by atoms with Gasteiger partial charge in [0, 0.05) is 35.5 Å². The van der Waals surface area contributed by atoms with Crippen LogP contribution in [-0.4, -0.2) is 55.7 Å². The van der Waals surface area contributed by atoms with E-state index in [9.17, 15) is 17.6 Å². The molecule has 0 unspecified atom stereocenters. The van der Waals surface area contributed by atoms with Crippen molar-refractivity contribution in [1.29, 1.82) is 0 Å². The van der Waals surface area contributed by atoms with E-state index < -0.39 is 27.1 Å². The van der Waals surface area contributed by atoms with Crippen molar-refractivity contribution in [2.75, 3.05) is 11.6 Å². The van der Waals surface area contributed by atoms with Crippen LogP contribution in [0.5, 0.6) is 0 Å². The van der Waals surface area contributed by atoms with Crippen LogP contribution in [0.1, 0.15) is 26.3 Å². The van der Waals surface area contributed by atoms with Crippen LogP contribution >= 0.6 is 0 Å². The quantitative estimate of drug-likeness (QED) is 0.192. The average molecular weight is 632 g/mol. The maximum atomic E-state index is 16.2. The lowest BCUT2D eigenvalue weighted by Crippen LogP contribution is -2.27. The predicted octanol–water partition coefficient (Wildman–Crippen LogP) is 4.94. The molecule has 0 atom stereocenters. The molecule has 0 aliphatic rings. The van der Waals surface area contributed by atoms with Crippen LogP contribution in [0.25, 0.3) is 56.0 Å². The number of hydrogen-bond donors (Lipinski definition) is 4. The van der Waals surface area contributed by atoms with Gasteiger partial charge in [0.2, 0.25) is 15.9 Å². The number of pyridine rings is 3. The average Bonchev–Trinajstić information content (AvgIpc) is 3.60. The summed E-state index contributed by atoms with van der Waals surface area (Å²) in [6.07, 6.45) is 6.89. The first-order chi connectivity index (χ1) is 21.3. The molecule has 0 saturated carbocycles. The maximum absolute atomic E-state index is 16.2. The van der Waals surface area contributed by atoms with Gasteiger partial charge in [0.05, 0.1) is 35.2 Å². The molecule has 0 aliphatic heterocycles. The van der Waals surface area contributed by atoms with Crippen molar-refractivity contribution in [2.24, 2.45) is 5.41 Å². The summed E-state index contributed by atoms with van der Waals surface area (Å²) >= 11 is 0. The Morgan fingerprint density at radius 3 is 2.56 bits per heavy atom. The smallest absolute Gasteiger partial charge is 0.229 e. The molecule has 0 fully saturated rings. The summed E-state index contributed by atoms with van der Waals surface area (Å²) < 4.78 is 56.2. The second kappa shape index (κ2) is 11.1. The van der Waals surface area contributed by atoms with Crippen molar-refractivity contribution in [1.82, 2.24) is 39.8 Å². The molecule has 0 aliphatic carbocycles. The Hall–Kier alpha value is -5.15. The van der Waals surface area contributed by atoms with Gasteiger partial charge in [0.25, 0.3) is 0 Å². The van der Waals surface area contributed by atoms with Gasteiger partial charge in [-0.25, -0.2) is 31.9 Å². The molecule has 5 heterocycles. The molecule has 230 valence electrons. The number of aromatic nitrogens is 7. The molecule has 0 bridgehead atoms. The second-order valence-corrected chi connectivity index (χ2v) is 13.4. The Labute approximate surface area is 255 Å². The number of anilines is 1. The van der Waals surface area contributed by atoms with Crippen LogP contribution in [-0.2, 0) is 21.4 Å². The van der Waals surface area contributed by atoms with E-state index in [0.717, 1.165) is 6.26 Å². The Balaban J connectivity index is 1.40. The number of sulfonamides is 1. The standard InChI is InChI=1S/C30H27F2N9O3S/c1-30(2,3)29(42)37-19-10-17(12-33-13-19)24-23(32)22-21(14-35-24)40-41-26(22)28-38-25-20(5-6-34-27(25)39-28)16-7-15(8-18(31)9-16)11-36-45(4,43)44/h5-10,12-14,36H,11H2,1-4H3,(H,37,42)(H,40,41)(H,34,38,39). The molecule has 1 amide bonds. The van der Waals surface area contributed by atoms with E-state index >= 15 is 4.39 Å². The Morgan fingerprint density at radius 1 is 1.00 bits per heavy atom. The minimum Gasteiger partial charge on any atom is -0.324 e. The van der Waals surface area contributed by atoms with Crippen molar-refractivity contribution >= 4 is 43.7 Å². The molecule has 0 radical (unpaired) electrons. The number of nitrogens with zero attached hydrogens (tertiary/aromatic N) is 5. The predicted molar refractivity (Wildman–Crippen MR) is 165 cm³/mol. The third-order valence-corrected chi connectivity index (χ3v) is 7.58. The largest absolute Gasteiger partial charge is 0.324 e. The monoisotopic (exact) mass is 631 g/mol. The molecule has 45 heavy (non-hydrogen) atoms. The fraction of sp³-hybridized carbons (Fsp3) is 0.200. The topological polar surface area (TPSA) is 171 Å². The number of H-pyrrole nitrogens is 2. The number of aromatic amines is 2. The lowest BCUT2D eigenvalue weighted by atomic mass is 9.95. The van der Waals surface area contributed by atoms with Crippen molar-refractivity contribution in [2.45, 2.75) is 27.3 Å². The SMILES string of the molecule is CC(C)(C)C(=O)Nc1cncc(-c2ncc3[nH]nc(-c4nc5c(-c6cc(F)cc(CNS(C)(=O)=O)c6)ccnc5[nH]4)c3c2F)c1. The minimum absolute atomic E-state index is 0.00516. The summed E-state index contributed by atoms with van der Waals surface area (Å²) in [7, 11) is -3.49. The first-order valence-electron chi connectivity index (χ1n) is 13.7. The zero-order chi connectivity index (χ0) is 32.1. The van der Waals surface area contributed by atoms with E-state index in [-0.39, 0.29) is 35.1 Å². The Kier molecular flexibility index (Phi) is 7.37. The first-order valence-corrected chi connectivity index (χ1v) is 15.5. The number of carbonyl (C=O) groups excluding carboxylic acids is 1. The number of nitrogens with one attached hydrogen (secondary N) is 4. The number of hydrogen-bond acceptors (Lipinski definition) is 8. The molecular weight excluding hydrogens is 604 g/mol. The van der Waals surface area contributed by atoms with E-state index in [4.69, 9.17) is 0 Å². The second-order valence-electron chi connectivity index (χ2n) is 11.5. The first kappa shape index (κ1) is 29.9. The van der Waals surface area contributed by atoms with E-state index in [0.29, 0.717) is 44.6 Å². The van der Waals surface area contributed by atoms with Gasteiger partial charge in [-0.05, 0) is 41.5 Å². The molecule has 6 rings (SSSR count). The molecule has 0 saturated heterocycles. The number of imidazole rings is 1. The molecule has 6 aromatic rings. The fourth-order valence-electron chi connectivity index (χ4n) is 4.68. The summed E-state index contributed by atoms with van der Waals surface area (Å²) in [5, 5.41) is 9.98. The van der Waals surface area contributed by atoms with Gasteiger partial charge in [-0.15, -0.1) is 0 Å². The summed E-state index contributed by atoms with van der Waals surface area (Å²) in [5.41, 5.74) is 2.67. The van der Waals surface area contributed by atoms with Crippen LogP contribution < -0.4 is 10.0 Å². The summed E-state index contributed by atoms with van der Waals surface area (Å²) in [6, 6.07) is 7.44. The van der Waals surface area contributed by atoms with Crippen LogP contribution in [0, 0.1) is 17.0 Å². The number of carbonyl (C=O) groups is 1. The molecule has 5 aromatic heterocycles. The molecule has 15 heteroatoms. The van der Waals surface area contributed by atoms with Gasteiger partial charge in [-0.2, -0.15) is 5.10 Å². The van der Waals surface area contributed by atoms with Gasteiger partial charge >= 0.3 is 0 Å². The lowest BCUT2D eigenvalue weighted by molar-refractivity contribution is -0.123. The highest BCUT2D eigenvalue weighted by Gasteiger charge is 2.24. The third kappa shape index (κ3) is 6.12. The van der Waals surface area contributed by atoms with Gasteiger partial charge in [0.1, 0.15) is 22.7 Å². The molecule has 0 spiro atoms. The number of amides is 1. The molecule has 1 aromatic carbocycles. The summed E-state index contributed by atoms with van der Waals surface area (Å²) in [5.74, 6) is -1.26. The third-order valence-electron chi connectivity index (χ3n) is 6.91. The fourth-order valence-corrected chi connectivity index (χ4v) is 5.11. The van der Waals surface area contributed by atoms with Crippen molar-refractivity contribution < 1.29 is 22.0 Å². The Morgan fingerprint density at radius 2 is 1.80 bits per heavy atom. The van der Waals surface area contributed by atoms with Crippen molar-refractivity contribution in [3.63, 3.8) is 0 Å². The van der Waals surface area contributed by atoms with Crippen molar-refractivity contribution in [3.8, 4) is 33.9 Å². The van der Waals surface area contributed by atoms with Gasteiger partial charge < -0.3 is 10.3 Å².